The van der Waals surface area contributed by atoms with E-state index in [1.165, 1.54) is 0 Å². The summed E-state index contributed by atoms with van der Waals surface area (Å²) in [5.41, 5.74) is 4.02. The van der Waals surface area contributed by atoms with Gasteiger partial charge in [0, 0.05) is 0 Å². The van der Waals surface area contributed by atoms with Crippen LogP contribution in [0.3, 0.4) is 0 Å². The van der Waals surface area contributed by atoms with E-state index < -0.39 is 12.4 Å². The van der Waals surface area contributed by atoms with E-state index in [-0.39, 0.29) is 62.8 Å². The maximum absolute atomic E-state index is 12.0. The Labute approximate surface area is 116 Å². The predicted molar refractivity (Wildman–Crippen MR) is 41.2 cm³/mol. The van der Waals surface area contributed by atoms with Gasteiger partial charge in [-0.1, -0.05) is 12.1 Å². The van der Waals surface area contributed by atoms with E-state index in [4.69, 9.17) is 10.8 Å². The summed E-state index contributed by atoms with van der Waals surface area (Å²) in [6, 6.07) is 2.45. The summed E-state index contributed by atoms with van der Waals surface area (Å²) in [6.45, 7) is -5.03. The Bertz CT molecular complexity index is 304. The molecule has 0 bridgehead atoms. The minimum Gasteiger partial charge on any atom is -0.506 e. The zero-order valence-electron chi connectivity index (χ0n) is 6.97. The maximum Gasteiger partial charge on any atom is 1.00 e. The number of benzene rings is 1. The van der Waals surface area contributed by atoms with Crippen molar-refractivity contribution in [2.45, 2.75) is 0 Å². The molecule has 0 amide bonds. The number of aromatic hydroxyl groups is 1. The van der Waals surface area contributed by atoms with E-state index in [0.717, 1.165) is 18.2 Å². The number of nitrogens with two attached hydrogens (primary N) is 1. The fourth-order valence-corrected chi connectivity index (χ4v) is 0.777. The van der Waals surface area contributed by atoms with Crippen molar-refractivity contribution in [1.29, 1.82) is 0 Å². The van der Waals surface area contributed by atoms with Gasteiger partial charge in [0.05, 0.1) is 5.69 Å². The Morgan fingerprint density at radius 1 is 1.23 bits per heavy atom. The summed E-state index contributed by atoms with van der Waals surface area (Å²) in [4.78, 5) is 0. The molecule has 2 nitrogen and oxygen atoms in total. The number of hydrogen-bond donors (Lipinski definition) is 2. The third kappa shape index (κ3) is 3.51. The number of anilines is 1. The van der Waals surface area contributed by atoms with Crippen LogP contribution in [0.2, 0.25) is 0 Å². The van der Waals surface area contributed by atoms with Crippen LogP contribution in [0, 0.1) is 0 Å². The van der Waals surface area contributed by atoms with Gasteiger partial charge in [0.1, 0.15) is 5.75 Å². The first-order chi connectivity index (χ1) is 5.41. The monoisotopic (exact) mass is 215 g/mol. The molecule has 1 aromatic rings. The molecule has 0 aromatic heterocycles. The van der Waals surface area contributed by atoms with Gasteiger partial charge >= 0.3 is 58.4 Å². The Morgan fingerprint density at radius 3 is 2.15 bits per heavy atom. The topological polar surface area (TPSA) is 46.2 Å². The van der Waals surface area contributed by atoms with Gasteiger partial charge in [-0.2, -0.15) is 0 Å². The average Bonchev–Trinajstić information content (AvgIpc) is 1.92. The SMILES string of the molecule is Nc1cc([B-](F)(F)F)ccc1O.[K+]. The van der Waals surface area contributed by atoms with Gasteiger partial charge in [-0.25, -0.2) is 0 Å². The second-order valence-corrected chi connectivity index (χ2v) is 2.39. The smallest absolute Gasteiger partial charge is 0.506 e. The maximum atomic E-state index is 12.0. The molecule has 0 fully saturated rings. The Kier molecular flexibility index (Phi) is 4.81. The third-order valence-corrected chi connectivity index (χ3v) is 1.43. The minimum atomic E-state index is -5.03. The molecule has 0 atom stereocenters. The van der Waals surface area contributed by atoms with Crippen LogP contribution in [0.25, 0.3) is 0 Å². The molecule has 3 N–H and O–H groups in total. The van der Waals surface area contributed by atoms with Crippen molar-refractivity contribution in [3.05, 3.63) is 18.2 Å². The molecule has 0 heterocycles. The number of phenolic OH excluding ortho intramolecular Hbond substituents is 1. The summed E-state index contributed by atoms with van der Waals surface area (Å²) >= 11 is 0. The quantitative estimate of drug-likeness (QED) is 0.324. The normalized spacial score (nSPS) is 10.7. The molecule has 0 aliphatic rings. The molecule has 1 aromatic carbocycles. The summed E-state index contributed by atoms with van der Waals surface area (Å²) in [5.74, 6) is -0.334. The number of nitrogen functional groups attached to an aromatic ring is 1. The zero-order chi connectivity index (χ0) is 9.35. The van der Waals surface area contributed by atoms with Crippen LogP contribution >= 0.6 is 0 Å². The number of phenols is 1. The van der Waals surface area contributed by atoms with Crippen LogP contribution in [-0.2, 0) is 0 Å². The molecule has 0 saturated carbocycles. The molecule has 0 aliphatic heterocycles. The molecule has 0 unspecified atom stereocenters. The summed E-state index contributed by atoms with van der Waals surface area (Å²) < 4.78 is 36.1. The van der Waals surface area contributed by atoms with Gasteiger partial charge < -0.3 is 23.8 Å². The van der Waals surface area contributed by atoms with Gasteiger partial charge in [0.15, 0.2) is 0 Å². The molecule has 0 aliphatic carbocycles. The molecular formula is C6H6BF3KNO. The molecular weight excluding hydrogens is 209 g/mol. The standard InChI is InChI=1S/C6H6BF3NO.K/c8-7(9,10)4-1-2-6(12)5(11)3-4;/h1-3,12H,11H2;/q-1;+1. The van der Waals surface area contributed by atoms with Crippen LogP contribution in [0.1, 0.15) is 0 Å². The first kappa shape index (κ1) is 13.3. The largest absolute Gasteiger partial charge is 1.00 e. The van der Waals surface area contributed by atoms with Crippen LogP contribution in [0.4, 0.5) is 18.6 Å². The Balaban J connectivity index is 0.00000144. The molecule has 1 rings (SSSR count). The zero-order valence-corrected chi connectivity index (χ0v) is 10.1. The predicted octanol–water partition coefficient (Wildman–Crippen LogP) is -1.97. The number of hydrogen-bond acceptors (Lipinski definition) is 2. The molecule has 13 heavy (non-hydrogen) atoms. The fraction of sp³-hybridized carbons (Fsp3) is 0. The first-order valence-electron chi connectivity index (χ1n) is 3.19. The minimum absolute atomic E-state index is 0. The summed E-state index contributed by atoms with van der Waals surface area (Å²) in [5, 5.41) is 8.82. The van der Waals surface area contributed by atoms with Crippen molar-refractivity contribution in [3.63, 3.8) is 0 Å². The third-order valence-electron chi connectivity index (χ3n) is 1.43. The van der Waals surface area contributed by atoms with Crippen molar-refractivity contribution in [3.8, 4) is 5.75 Å². The van der Waals surface area contributed by atoms with E-state index in [1.54, 1.807) is 0 Å². The van der Waals surface area contributed by atoms with Crippen molar-refractivity contribution < 1.29 is 69.4 Å². The van der Waals surface area contributed by atoms with E-state index in [9.17, 15) is 12.9 Å². The molecule has 0 radical (unpaired) electrons. The molecule has 7 heteroatoms. The van der Waals surface area contributed by atoms with Crippen molar-refractivity contribution in [2.24, 2.45) is 0 Å². The van der Waals surface area contributed by atoms with Crippen LogP contribution in [-0.4, -0.2) is 12.1 Å². The van der Waals surface area contributed by atoms with Gasteiger partial charge in [-0.3, -0.25) is 0 Å². The van der Waals surface area contributed by atoms with Crippen molar-refractivity contribution in [2.75, 3.05) is 5.73 Å². The average molecular weight is 215 g/mol. The summed E-state index contributed by atoms with van der Waals surface area (Å²) in [7, 11) is 0. The van der Waals surface area contributed by atoms with Crippen molar-refractivity contribution >= 4 is 18.1 Å². The Morgan fingerprint density at radius 2 is 1.77 bits per heavy atom. The molecule has 0 saturated heterocycles. The van der Waals surface area contributed by atoms with Crippen LogP contribution < -0.4 is 62.6 Å². The van der Waals surface area contributed by atoms with E-state index in [2.05, 4.69) is 0 Å². The van der Waals surface area contributed by atoms with E-state index in [1.807, 2.05) is 0 Å². The second kappa shape index (κ2) is 4.70. The van der Waals surface area contributed by atoms with Gasteiger partial charge in [0.2, 0.25) is 0 Å². The van der Waals surface area contributed by atoms with E-state index in [0.29, 0.717) is 0 Å². The first-order valence-corrected chi connectivity index (χ1v) is 3.19. The Hall–Kier alpha value is 0.311. The fourth-order valence-electron chi connectivity index (χ4n) is 0.777. The van der Waals surface area contributed by atoms with Gasteiger partial charge in [0.25, 0.3) is 0 Å². The van der Waals surface area contributed by atoms with Crippen molar-refractivity contribution in [1.82, 2.24) is 0 Å². The number of halogens is 3. The molecule has 0 spiro atoms. The second-order valence-electron chi connectivity index (χ2n) is 2.39. The summed E-state index contributed by atoms with van der Waals surface area (Å²) in [6.07, 6.45) is 0. The van der Waals surface area contributed by atoms with Gasteiger partial charge in [-0.15, -0.1) is 5.46 Å². The van der Waals surface area contributed by atoms with Gasteiger partial charge in [-0.05, 0) is 6.07 Å². The molecule has 66 valence electrons. The van der Waals surface area contributed by atoms with Crippen LogP contribution in [0.5, 0.6) is 5.75 Å². The van der Waals surface area contributed by atoms with Crippen LogP contribution in [0.15, 0.2) is 18.2 Å². The number of rotatable bonds is 1. The van der Waals surface area contributed by atoms with E-state index >= 15 is 0 Å².